The van der Waals surface area contributed by atoms with Crippen LogP contribution in [0, 0.1) is 5.92 Å². The SMILES string of the molecule is CC(C)C(CNC1CC1)N1CCCCCC1C. The summed E-state index contributed by atoms with van der Waals surface area (Å²) in [6.07, 6.45) is 8.46. The van der Waals surface area contributed by atoms with E-state index in [1.165, 1.54) is 51.6 Å². The molecule has 1 heterocycles. The molecule has 2 heteroatoms. The first-order valence-corrected chi connectivity index (χ1v) is 7.67. The van der Waals surface area contributed by atoms with E-state index in [0.717, 1.165) is 24.0 Å². The summed E-state index contributed by atoms with van der Waals surface area (Å²) in [5.41, 5.74) is 0. The largest absolute Gasteiger partial charge is 0.312 e. The predicted molar refractivity (Wildman–Crippen MR) is 74.3 cm³/mol. The molecule has 2 nitrogen and oxygen atoms in total. The Bertz CT molecular complexity index is 223. The quantitative estimate of drug-likeness (QED) is 0.792. The van der Waals surface area contributed by atoms with Gasteiger partial charge in [-0.15, -0.1) is 0 Å². The van der Waals surface area contributed by atoms with Crippen LogP contribution < -0.4 is 5.32 Å². The molecule has 2 fully saturated rings. The Morgan fingerprint density at radius 2 is 1.88 bits per heavy atom. The molecule has 0 spiro atoms. The summed E-state index contributed by atoms with van der Waals surface area (Å²) in [5.74, 6) is 0.766. The van der Waals surface area contributed by atoms with Crippen LogP contribution in [0.15, 0.2) is 0 Å². The molecule has 0 bridgehead atoms. The lowest BCUT2D eigenvalue weighted by molar-refractivity contribution is 0.110. The molecule has 1 aliphatic carbocycles. The van der Waals surface area contributed by atoms with Crippen molar-refractivity contribution in [3.63, 3.8) is 0 Å². The summed E-state index contributed by atoms with van der Waals surface area (Å²) in [6.45, 7) is 9.72. The highest BCUT2D eigenvalue weighted by atomic mass is 15.2. The molecule has 0 radical (unpaired) electrons. The highest BCUT2D eigenvalue weighted by Gasteiger charge is 2.29. The molecule has 0 amide bonds. The van der Waals surface area contributed by atoms with Crippen LogP contribution in [-0.2, 0) is 0 Å². The van der Waals surface area contributed by atoms with Crippen molar-refractivity contribution in [1.82, 2.24) is 10.2 Å². The van der Waals surface area contributed by atoms with Gasteiger partial charge in [-0.3, -0.25) is 4.90 Å². The minimum absolute atomic E-state index is 0.740. The van der Waals surface area contributed by atoms with Crippen LogP contribution in [0.3, 0.4) is 0 Å². The summed E-state index contributed by atoms with van der Waals surface area (Å²) in [6, 6.07) is 2.37. The zero-order valence-electron chi connectivity index (χ0n) is 11.9. The number of nitrogens with one attached hydrogen (secondary N) is 1. The van der Waals surface area contributed by atoms with Crippen LogP contribution in [0.5, 0.6) is 0 Å². The summed E-state index contributed by atoms with van der Waals surface area (Å²) >= 11 is 0. The minimum Gasteiger partial charge on any atom is -0.312 e. The summed E-state index contributed by atoms with van der Waals surface area (Å²) in [4.78, 5) is 2.78. The van der Waals surface area contributed by atoms with E-state index in [1.54, 1.807) is 0 Å². The summed E-state index contributed by atoms with van der Waals surface area (Å²) in [7, 11) is 0. The van der Waals surface area contributed by atoms with Crippen LogP contribution in [0.25, 0.3) is 0 Å². The highest BCUT2D eigenvalue weighted by molar-refractivity contribution is 4.87. The second kappa shape index (κ2) is 6.19. The molecule has 2 aliphatic rings. The molecular weight excluding hydrogens is 208 g/mol. The van der Waals surface area contributed by atoms with Gasteiger partial charge in [0.05, 0.1) is 0 Å². The van der Waals surface area contributed by atoms with Gasteiger partial charge in [0.15, 0.2) is 0 Å². The molecule has 0 aromatic heterocycles. The van der Waals surface area contributed by atoms with Gasteiger partial charge in [-0.25, -0.2) is 0 Å². The maximum atomic E-state index is 3.73. The fraction of sp³-hybridized carbons (Fsp3) is 1.00. The number of hydrogen-bond acceptors (Lipinski definition) is 2. The van der Waals surface area contributed by atoms with E-state index in [2.05, 4.69) is 31.0 Å². The molecule has 0 aromatic carbocycles. The van der Waals surface area contributed by atoms with E-state index in [-0.39, 0.29) is 0 Å². The normalized spacial score (nSPS) is 29.3. The third-order valence-electron chi connectivity index (χ3n) is 4.49. The van der Waals surface area contributed by atoms with Crippen molar-refractivity contribution in [2.75, 3.05) is 13.1 Å². The van der Waals surface area contributed by atoms with Gasteiger partial charge in [0.25, 0.3) is 0 Å². The minimum atomic E-state index is 0.740. The molecule has 17 heavy (non-hydrogen) atoms. The number of likely N-dealkylation sites (tertiary alicyclic amines) is 1. The third-order valence-corrected chi connectivity index (χ3v) is 4.49. The highest BCUT2D eigenvalue weighted by Crippen LogP contribution is 2.24. The zero-order chi connectivity index (χ0) is 12.3. The fourth-order valence-electron chi connectivity index (χ4n) is 3.10. The Morgan fingerprint density at radius 1 is 1.12 bits per heavy atom. The molecule has 2 rings (SSSR count). The van der Waals surface area contributed by atoms with Crippen molar-refractivity contribution < 1.29 is 0 Å². The Kier molecular flexibility index (Phi) is 4.87. The molecular formula is C15H30N2. The third kappa shape index (κ3) is 3.96. The zero-order valence-corrected chi connectivity index (χ0v) is 11.9. The van der Waals surface area contributed by atoms with Gasteiger partial charge in [0.2, 0.25) is 0 Å². The molecule has 0 aromatic rings. The summed E-state index contributed by atoms with van der Waals surface area (Å²) in [5, 5.41) is 3.73. The summed E-state index contributed by atoms with van der Waals surface area (Å²) < 4.78 is 0. The Morgan fingerprint density at radius 3 is 2.53 bits per heavy atom. The van der Waals surface area contributed by atoms with Crippen molar-refractivity contribution in [3.05, 3.63) is 0 Å². The molecule has 1 aliphatic heterocycles. The van der Waals surface area contributed by atoms with Crippen LogP contribution in [0.2, 0.25) is 0 Å². The standard InChI is InChI=1S/C15H30N2/c1-12(2)15(11-16-14-8-9-14)17-10-6-4-5-7-13(17)3/h12-16H,4-11H2,1-3H3. The van der Waals surface area contributed by atoms with Gasteiger partial charge in [-0.05, 0) is 45.1 Å². The maximum absolute atomic E-state index is 3.73. The average Bonchev–Trinajstić information content (AvgIpc) is 3.08. The molecule has 1 N–H and O–H groups in total. The monoisotopic (exact) mass is 238 g/mol. The second-order valence-electron chi connectivity index (χ2n) is 6.43. The van der Waals surface area contributed by atoms with Crippen LogP contribution in [0.1, 0.15) is 59.3 Å². The van der Waals surface area contributed by atoms with E-state index >= 15 is 0 Å². The Balaban J connectivity index is 1.91. The van der Waals surface area contributed by atoms with E-state index in [1.807, 2.05) is 0 Å². The van der Waals surface area contributed by atoms with Gasteiger partial charge in [-0.1, -0.05) is 26.7 Å². The topological polar surface area (TPSA) is 15.3 Å². The smallest absolute Gasteiger partial charge is 0.0246 e. The van der Waals surface area contributed by atoms with Gasteiger partial charge in [0.1, 0.15) is 0 Å². The van der Waals surface area contributed by atoms with Crippen molar-refractivity contribution in [3.8, 4) is 0 Å². The number of nitrogens with zero attached hydrogens (tertiary/aromatic N) is 1. The molecule has 1 saturated carbocycles. The molecule has 2 unspecified atom stereocenters. The first-order valence-electron chi connectivity index (χ1n) is 7.67. The lowest BCUT2D eigenvalue weighted by Gasteiger charge is -2.38. The van der Waals surface area contributed by atoms with Crippen molar-refractivity contribution in [1.29, 1.82) is 0 Å². The molecule has 2 atom stereocenters. The second-order valence-corrected chi connectivity index (χ2v) is 6.43. The van der Waals surface area contributed by atoms with E-state index < -0.39 is 0 Å². The average molecular weight is 238 g/mol. The Labute approximate surface area is 107 Å². The fourth-order valence-corrected chi connectivity index (χ4v) is 3.10. The van der Waals surface area contributed by atoms with Gasteiger partial charge in [-0.2, -0.15) is 0 Å². The van der Waals surface area contributed by atoms with Crippen molar-refractivity contribution >= 4 is 0 Å². The van der Waals surface area contributed by atoms with Gasteiger partial charge >= 0.3 is 0 Å². The molecule has 1 saturated heterocycles. The first-order chi connectivity index (χ1) is 8.18. The van der Waals surface area contributed by atoms with Crippen molar-refractivity contribution in [2.45, 2.75) is 77.4 Å². The van der Waals surface area contributed by atoms with E-state index in [9.17, 15) is 0 Å². The van der Waals surface area contributed by atoms with Gasteiger partial charge < -0.3 is 5.32 Å². The van der Waals surface area contributed by atoms with Crippen LogP contribution >= 0.6 is 0 Å². The number of hydrogen-bond donors (Lipinski definition) is 1. The van der Waals surface area contributed by atoms with Crippen LogP contribution in [-0.4, -0.2) is 36.1 Å². The first kappa shape index (κ1) is 13.4. The van der Waals surface area contributed by atoms with Crippen molar-refractivity contribution in [2.24, 2.45) is 5.92 Å². The number of rotatable bonds is 5. The lowest BCUT2D eigenvalue weighted by atomic mass is 10.00. The maximum Gasteiger partial charge on any atom is 0.0246 e. The Hall–Kier alpha value is -0.0800. The molecule has 100 valence electrons. The van der Waals surface area contributed by atoms with E-state index in [4.69, 9.17) is 0 Å². The predicted octanol–water partition coefficient (Wildman–Crippen LogP) is 3.03. The van der Waals surface area contributed by atoms with Gasteiger partial charge in [0, 0.05) is 24.7 Å². The lowest BCUT2D eigenvalue weighted by Crippen LogP contribution is -2.49. The van der Waals surface area contributed by atoms with E-state index in [0.29, 0.717) is 0 Å². The van der Waals surface area contributed by atoms with Crippen LogP contribution in [0.4, 0.5) is 0 Å².